The third-order valence-electron chi connectivity index (χ3n) is 5.37. The second-order valence-corrected chi connectivity index (χ2v) is 7.60. The zero-order valence-corrected chi connectivity index (χ0v) is 19.7. The van der Waals surface area contributed by atoms with Crippen molar-refractivity contribution in [2.24, 2.45) is 0 Å². The lowest BCUT2D eigenvalue weighted by atomic mass is 9.96. The van der Waals surface area contributed by atoms with Gasteiger partial charge in [0, 0.05) is 23.9 Å². The number of hydrogen-bond acceptors (Lipinski definition) is 7. The molecular weight excluding hydrogens is 446 g/mol. The van der Waals surface area contributed by atoms with Crippen molar-refractivity contribution < 1.29 is 18.7 Å². The number of pyridine rings is 1. The number of esters is 1. The Morgan fingerprint density at radius 3 is 2.43 bits per heavy atom. The minimum absolute atomic E-state index is 0.249. The third kappa shape index (κ3) is 5.19. The summed E-state index contributed by atoms with van der Waals surface area (Å²) >= 11 is 0. The Bertz CT molecular complexity index is 1350. The summed E-state index contributed by atoms with van der Waals surface area (Å²) in [5.41, 5.74) is 4.05. The van der Waals surface area contributed by atoms with Crippen molar-refractivity contribution in [3.63, 3.8) is 0 Å². The van der Waals surface area contributed by atoms with Crippen LogP contribution < -0.4 is 10.6 Å². The van der Waals surface area contributed by atoms with Crippen molar-refractivity contribution in [2.45, 2.75) is 20.3 Å². The van der Waals surface area contributed by atoms with E-state index in [1.165, 1.54) is 7.11 Å². The highest BCUT2D eigenvalue weighted by atomic mass is 16.5. The maximum Gasteiger partial charge on any atom is 0.338 e. The molecule has 4 rings (SSSR count). The predicted octanol–water partition coefficient (Wildman–Crippen LogP) is 4.96. The molecule has 4 aromatic rings. The summed E-state index contributed by atoms with van der Waals surface area (Å²) in [6, 6.07) is 16.2. The number of aryl methyl sites for hydroxylation is 1. The van der Waals surface area contributed by atoms with Gasteiger partial charge in [-0.2, -0.15) is 0 Å². The number of methoxy groups -OCH3 is 1. The van der Waals surface area contributed by atoms with Crippen molar-refractivity contribution in [1.29, 1.82) is 0 Å². The molecule has 2 aromatic carbocycles. The third-order valence-corrected chi connectivity index (χ3v) is 5.37. The maximum absolute atomic E-state index is 12.4. The highest BCUT2D eigenvalue weighted by Crippen LogP contribution is 2.35. The fourth-order valence-corrected chi connectivity index (χ4v) is 3.63. The number of ether oxygens (including phenoxy) is 1. The molecule has 178 valence electrons. The first kappa shape index (κ1) is 23.6. The van der Waals surface area contributed by atoms with Crippen LogP contribution in [0.3, 0.4) is 0 Å². The van der Waals surface area contributed by atoms with Crippen LogP contribution in [0.2, 0.25) is 0 Å². The lowest BCUT2D eigenvalue weighted by Crippen LogP contribution is -2.28. The second-order valence-electron chi connectivity index (χ2n) is 7.60. The highest BCUT2D eigenvalue weighted by Gasteiger charge is 2.19. The first-order chi connectivity index (χ1) is 17.0. The molecule has 0 fully saturated rings. The van der Waals surface area contributed by atoms with Gasteiger partial charge < -0.3 is 14.5 Å². The molecule has 0 saturated heterocycles. The minimum atomic E-state index is -0.420. The van der Waals surface area contributed by atoms with E-state index in [1.54, 1.807) is 18.3 Å². The van der Waals surface area contributed by atoms with Gasteiger partial charge in [0.1, 0.15) is 5.82 Å². The van der Waals surface area contributed by atoms with E-state index in [9.17, 15) is 9.59 Å². The quantitative estimate of drug-likeness (QED) is 0.366. The molecule has 2 amide bonds. The lowest BCUT2D eigenvalue weighted by molar-refractivity contribution is 0.0599. The molecule has 2 N–H and O–H groups in total. The molecule has 0 radical (unpaired) electrons. The monoisotopic (exact) mass is 471 g/mol. The second kappa shape index (κ2) is 10.6. The fraction of sp³-hybridized carbons (Fsp3) is 0.192. The van der Waals surface area contributed by atoms with E-state index >= 15 is 0 Å². The predicted molar refractivity (Wildman–Crippen MR) is 132 cm³/mol. The number of aromatic nitrogens is 3. The van der Waals surface area contributed by atoms with Crippen LogP contribution in [-0.4, -0.2) is 40.8 Å². The largest absolute Gasteiger partial charge is 0.465 e. The van der Waals surface area contributed by atoms with Crippen LogP contribution in [-0.2, 0) is 11.2 Å². The van der Waals surface area contributed by atoms with Gasteiger partial charge in [0.25, 0.3) is 0 Å². The van der Waals surface area contributed by atoms with E-state index in [0.717, 1.165) is 11.1 Å². The standard InChI is InChI=1S/C26H25N5O4/c1-4-16-11-12-18(13-19(16)25(32)34-3)21-15-28-22(29-26(33)27-5-2)14-20(21)24-31-30-23(35-24)17-9-7-6-8-10-17/h6-15H,4-5H2,1-3H3,(H2,27,28,29,33). The molecular formula is C26H25N5O4. The normalized spacial score (nSPS) is 10.6. The van der Waals surface area contributed by atoms with Crippen LogP contribution in [0.5, 0.6) is 0 Å². The number of urea groups is 1. The summed E-state index contributed by atoms with van der Waals surface area (Å²) in [5, 5.41) is 13.8. The van der Waals surface area contributed by atoms with E-state index in [4.69, 9.17) is 9.15 Å². The average molecular weight is 472 g/mol. The van der Waals surface area contributed by atoms with Crippen molar-refractivity contribution in [3.8, 4) is 34.0 Å². The number of rotatable bonds is 7. The minimum Gasteiger partial charge on any atom is -0.465 e. The number of hydrogen-bond donors (Lipinski definition) is 2. The van der Waals surface area contributed by atoms with E-state index < -0.39 is 5.97 Å². The summed E-state index contributed by atoms with van der Waals surface area (Å²) < 4.78 is 11.0. The molecule has 35 heavy (non-hydrogen) atoms. The van der Waals surface area contributed by atoms with Crippen LogP contribution in [0.1, 0.15) is 29.8 Å². The lowest BCUT2D eigenvalue weighted by Gasteiger charge is -2.13. The number of carbonyl (C=O) groups excluding carboxylic acids is 2. The van der Waals surface area contributed by atoms with Gasteiger partial charge in [-0.15, -0.1) is 10.2 Å². The van der Waals surface area contributed by atoms with Gasteiger partial charge in [-0.05, 0) is 48.7 Å². The van der Waals surface area contributed by atoms with Crippen LogP contribution in [0.4, 0.5) is 10.6 Å². The molecule has 0 aliphatic rings. The van der Waals surface area contributed by atoms with Gasteiger partial charge in [0.2, 0.25) is 11.8 Å². The van der Waals surface area contributed by atoms with E-state index in [2.05, 4.69) is 25.8 Å². The van der Waals surface area contributed by atoms with Crippen molar-refractivity contribution >= 4 is 17.8 Å². The molecule has 0 saturated carbocycles. The number of anilines is 1. The van der Waals surface area contributed by atoms with Gasteiger partial charge in [0.15, 0.2) is 0 Å². The van der Waals surface area contributed by atoms with Crippen molar-refractivity contribution in [1.82, 2.24) is 20.5 Å². The molecule has 9 heteroatoms. The summed E-state index contributed by atoms with van der Waals surface area (Å²) in [5.74, 6) is 0.502. The van der Waals surface area contributed by atoms with Gasteiger partial charge in [-0.3, -0.25) is 5.32 Å². The summed E-state index contributed by atoms with van der Waals surface area (Å²) in [6.45, 7) is 4.27. The average Bonchev–Trinajstić information content (AvgIpc) is 3.39. The number of carbonyl (C=O) groups is 2. The zero-order chi connectivity index (χ0) is 24.8. The molecule has 0 aliphatic carbocycles. The number of nitrogens with one attached hydrogen (secondary N) is 2. The van der Waals surface area contributed by atoms with Gasteiger partial charge >= 0.3 is 12.0 Å². The smallest absolute Gasteiger partial charge is 0.338 e. The van der Waals surface area contributed by atoms with Crippen molar-refractivity contribution in [3.05, 3.63) is 71.9 Å². The molecule has 0 atom stereocenters. The Morgan fingerprint density at radius 2 is 1.71 bits per heavy atom. The Labute approximate surface area is 202 Å². The first-order valence-corrected chi connectivity index (χ1v) is 11.2. The molecule has 9 nitrogen and oxygen atoms in total. The van der Waals surface area contributed by atoms with Gasteiger partial charge in [-0.1, -0.05) is 37.3 Å². The number of benzene rings is 2. The van der Waals surface area contributed by atoms with Gasteiger partial charge in [0.05, 0.1) is 18.2 Å². The number of nitrogens with zero attached hydrogens (tertiary/aromatic N) is 3. The molecule has 0 spiro atoms. The number of amides is 2. The molecule has 0 bridgehead atoms. The summed E-state index contributed by atoms with van der Waals surface area (Å²) in [7, 11) is 1.35. The topological polar surface area (TPSA) is 119 Å². The van der Waals surface area contributed by atoms with Gasteiger partial charge in [-0.25, -0.2) is 14.6 Å². The molecule has 2 heterocycles. The van der Waals surface area contributed by atoms with E-state index in [1.807, 2.05) is 56.3 Å². The maximum atomic E-state index is 12.4. The Morgan fingerprint density at radius 1 is 0.943 bits per heavy atom. The molecule has 0 aliphatic heterocycles. The Kier molecular flexibility index (Phi) is 7.15. The Hall–Kier alpha value is -4.53. The summed E-state index contributed by atoms with van der Waals surface area (Å²) in [4.78, 5) is 28.8. The van der Waals surface area contributed by atoms with Crippen LogP contribution in [0, 0.1) is 0 Å². The molecule has 2 aromatic heterocycles. The SMILES string of the molecule is CCNC(=O)Nc1cc(-c2nnc(-c3ccccc3)o2)c(-c2ccc(CC)c(C(=O)OC)c2)cn1. The van der Waals surface area contributed by atoms with Crippen LogP contribution in [0.15, 0.2) is 65.2 Å². The highest BCUT2D eigenvalue weighted by molar-refractivity contribution is 5.94. The van der Waals surface area contributed by atoms with Crippen LogP contribution >= 0.6 is 0 Å². The summed E-state index contributed by atoms with van der Waals surface area (Å²) in [6.07, 6.45) is 2.28. The Balaban J connectivity index is 1.83. The zero-order valence-electron chi connectivity index (χ0n) is 19.7. The molecule has 0 unspecified atom stereocenters. The van der Waals surface area contributed by atoms with E-state index in [-0.39, 0.29) is 11.9 Å². The first-order valence-electron chi connectivity index (χ1n) is 11.2. The van der Waals surface area contributed by atoms with Crippen LogP contribution in [0.25, 0.3) is 34.0 Å². The fourth-order valence-electron chi connectivity index (χ4n) is 3.63. The van der Waals surface area contributed by atoms with Crippen molar-refractivity contribution in [2.75, 3.05) is 19.0 Å². The van der Waals surface area contributed by atoms with E-state index in [0.29, 0.717) is 46.9 Å².